The normalized spacial score (nSPS) is 10.7. The summed E-state index contributed by atoms with van der Waals surface area (Å²) in [7, 11) is 0. The van der Waals surface area contributed by atoms with Gasteiger partial charge in [0.05, 0.1) is 10.7 Å². The van der Waals surface area contributed by atoms with E-state index in [9.17, 15) is 4.79 Å². The van der Waals surface area contributed by atoms with E-state index in [1.165, 1.54) is 13.0 Å². The zero-order chi connectivity index (χ0) is 8.27. The lowest BCUT2D eigenvalue weighted by Crippen LogP contribution is -1.79. The van der Waals surface area contributed by atoms with Gasteiger partial charge in [-0.3, -0.25) is 4.79 Å². The molecule has 0 radical (unpaired) electrons. The zero-order valence-electron chi connectivity index (χ0n) is 6.50. The second-order valence-corrected chi connectivity index (χ2v) is 3.30. The van der Waals surface area contributed by atoms with E-state index < -0.39 is 0 Å². The highest BCUT2D eigenvalue weighted by molar-refractivity contribution is 7.09. The molecule has 58 valence electrons. The Morgan fingerprint density at radius 1 is 1.73 bits per heavy atom. The maximum absolute atomic E-state index is 10.5. The number of aromatic nitrogens is 1. The summed E-state index contributed by atoms with van der Waals surface area (Å²) in [6.45, 7) is 3.46. The number of carbonyl (C=O) groups excluding carboxylic acids is 1. The number of carbonyl (C=O) groups is 1. The summed E-state index contributed by atoms with van der Waals surface area (Å²) in [5, 5.41) is 2.95. The third-order valence-electron chi connectivity index (χ3n) is 1.13. The van der Waals surface area contributed by atoms with Crippen molar-refractivity contribution in [3.8, 4) is 0 Å². The molecule has 0 unspecified atom stereocenters. The maximum Gasteiger partial charge on any atom is 0.152 e. The summed E-state index contributed by atoms with van der Waals surface area (Å²) in [6, 6.07) is 0. The van der Waals surface area contributed by atoms with E-state index in [-0.39, 0.29) is 5.78 Å². The average Bonchev–Trinajstić information content (AvgIpc) is 2.31. The summed E-state index contributed by atoms with van der Waals surface area (Å²) >= 11 is 1.58. The second kappa shape index (κ2) is 3.44. The Labute approximate surface area is 69.6 Å². The number of aryl methyl sites for hydroxylation is 1. The summed E-state index contributed by atoms with van der Waals surface area (Å²) in [5.74, 6) is 0.0515. The van der Waals surface area contributed by atoms with Gasteiger partial charge in [0.1, 0.15) is 0 Å². The van der Waals surface area contributed by atoms with E-state index in [0.29, 0.717) is 0 Å². The van der Waals surface area contributed by atoms with Gasteiger partial charge in [0.15, 0.2) is 5.78 Å². The summed E-state index contributed by atoms with van der Waals surface area (Å²) in [5.41, 5.74) is 0.864. The number of thiazole rings is 1. The minimum atomic E-state index is 0.0515. The average molecular weight is 167 g/mol. The Morgan fingerprint density at radius 3 is 2.91 bits per heavy atom. The number of rotatable bonds is 2. The van der Waals surface area contributed by atoms with Crippen molar-refractivity contribution >= 4 is 23.2 Å². The van der Waals surface area contributed by atoms with Crippen molar-refractivity contribution in [1.82, 2.24) is 4.98 Å². The Hall–Kier alpha value is -0.960. The van der Waals surface area contributed by atoms with Crippen molar-refractivity contribution in [2.75, 3.05) is 0 Å². The van der Waals surface area contributed by atoms with Crippen molar-refractivity contribution in [1.29, 1.82) is 0 Å². The van der Waals surface area contributed by atoms with Gasteiger partial charge >= 0.3 is 0 Å². The van der Waals surface area contributed by atoms with E-state index in [2.05, 4.69) is 4.98 Å². The lowest BCUT2D eigenvalue weighted by Gasteiger charge is -1.79. The van der Waals surface area contributed by atoms with E-state index >= 15 is 0 Å². The molecule has 3 heteroatoms. The van der Waals surface area contributed by atoms with Crippen LogP contribution in [0.2, 0.25) is 0 Å². The molecule has 0 N–H and O–H groups in total. The van der Waals surface area contributed by atoms with Gasteiger partial charge in [-0.05, 0) is 26.0 Å². The van der Waals surface area contributed by atoms with Crippen LogP contribution in [0.5, 0.6) is 0 Å². The minimum Gasteiger partial charge on any atom is -0.295 e. The lowest BCUT2D eigenvalue weighted by atomic mass is 10.3. The number of ketones is 1. The maximum atomic E-state index is 10.5. The molecule has 1 aromatic rings. The number of hydrogen-bond acceptors (Lipinski definition) is 3. The lowest BCUT2D eigenvalue weighted by molar-refractivity contribution is -0.112. The molecular formula is C8H9NOS. The zero-order valence-corrected chi connectivity index (χ0v) is 7.31. The Kier molecular flexibility index (Phi) is 2.54. The molecule has 0 spiro atoms. The molecule has 2 nitrogen and oxygen atoms in total. The van der Waals surface area contributed by atoms with Crippen LogP contribution in [0.15, 0.2) is 11.5 Å². The van der Waals surface area contributed by atoms with Crippen LogP contribution in [-0.2, 0) is 4.79 Å². The standard InChI is InChI=1S/C8H9NOS/c1-6(10)3-4-8-5-11-7(2)9-8/h3-5H,1-2H3. The van der Waals surface area contributed by atoms with Gasteiger partial charge in [0.25, 0.3) is 0 Å². The first-order chi connectivity index (χ1) is 5.18. The Balaban J connectivity index is 2.71. The molecule has 1 rings (SSSR count). The highest BCUT2D eigenvalue weighted by atomic mass is 32.1. The van der Waals surface area contributed by atoms with Gasteiger partial charge in [0, 0.05) is 5.38 Å². The molecule has 0 fully saturated rings. The van der Waals surface area contributed by atoms with Gasteiger partial charge < -0.3 is 0 Å². The molecule has 0 aliphatic rings. The van der Waals surface area contributed by atoms with Gasteiger partial charge in [-0.15, -0.1) is 11.3 Å². The van der Waals surface area contributed by atoms with E-state index in [1.807, 2.05) is 12.3 Å². The predicted octanol–water partition coefficient (Wildman–Crippen LogP) is 2.05. The first-order valence-electron chi connectivity index (χ1n) is 3.29. The van der Waals surface area contributed by atoms with Crippen LogP contribution in [-0.4, -0.2) is 10.8 Å². The first kappa shape index (κ1) is 8.14. The Bertz CT molecular complexity index is 288. The molecule has 0 aliphatic heterocycles. The van der Waals surface area contributed by atoms with E-state index in [1.54, 1.807) is 17.4 Å². The monoisotopic (exact) mass is 167 g/mol. The van der Waals surface area contributed by atoms with Crippen LogP contribution in [0.25, 0.3) is 6.08 Å². The molecule has 0 amide bonds. The summed E-state index contributed by atoms with van der Waals surface area (Å²) in [6.07, 6.45) is 3.25. The molecule has 0 aromatic carbocycles. The molecular weight excluding hydrogens is 158 g/mol. The number of hydrogen-bond donors (Lipinski definition) is 0. The minimum absolute atomic E-state index is 0.0515. The predicted molar refractivity (Wildman–Crippen MR) is 46.6 cm³/mol. The van der Waals surface area contributed by atoms with Crippen LogP contribution in [0, 0.1) is 6.92 Å². The second-order valence-electron chi connectivity index (χ2n) is 2.24. The Morgan fingerprint density at radius 2 is 2.45 bits per heavy atom. The molecule has 1 aromatic heterocycles. The summed E-state index contributed by atoms with van der Waals surface area (Å²) in [4.78, 5) is 14.7. The SMILES string of the molecule is CC(=O)C=Cc1csc(C)n1. The van der Waals surface area contributed by atoms with Crippen molar-refractivity contribution in [2.24, 2.45) is 0 Å². The molecule has 1 heterocycles. The fraction of sp³-hybridized carbons (Fsp3) is 0.250. The van der Waals surface area contributed by atoms with Gasteiger partial charge in [-0.1, -0.05) is 0 Å². The molecule has 11 heavy (non-hydrogen) atoms. The van der Waals surface area contributed by atoms with Gasteiger partial charge in [-0.2, -0.15) is 0 Å². The molecule has 0 saturated carbocycles. The van der Waals surface area contributed by atoms with E-state index in [4.69, 9.17) is 0 Å². The highest BCUT2D eigenvalue weighted by Crippen LogP contribution is 2.08. The van der Waals surface area contributed by atoms with Crippen molar-refractivity contribution in [3.05, 3.63) is 22.2 Å². The molecule has 0 atom stereocenters. The fourth-order valence-corrected chi connectivity index (χ4v) is 1.24. The highest BCUT2D eigenvalue weighted by Gasteiger charge is 1.92. The van der Waals surface area contributed by atoms with Crippen LogP contribution in [0.1, 0.15) is 17.6 Å². The third-order valence-corrected chi connectivity index (χ3v) is 1.92. The quantitative estimate of drug-likeness (QED) is 0.631. The van der Waals surface area contributed by atoms with E-state index in [0.717, 1.165) is 10.7 Å². The summed E-state index contributed by atoms with van der Waals surface area (Å²) < 4.78 is 0. The van der Waals surface area contributed by atoms with Crippen molar-refractivity contribution in [3.63, 3.8) is 0 Å². The van der Waals surface area contributed by atoms with Gasteiger partial charge in [-0.25, -0.2) is 4.98 Å². The van der Waals surface area contributed by atoms with Crippen LogP contribution >= 0.6 is 11.3 Å². The van der Waals surface area contributed by atoms with Crippen LogP contribution < -0.4 is 0 Å². The van der Waals surface area contributed by atoms with Crippen molar-refractivity contribution in [2.45, 2.75) is 13.8 Å². The fourth-order valence-electron chi connectivity index (χ4n) is 0.659. The van der Waals surface area contributed by atoms with Crippen molar-refractivity contribution < 1.29 is 4.79 Å². The molecule has 0 saturated heterocycles. The van der Waals surface area contributed by atoms with Gasteiger partial charge in [0.2, 0.25) is 0 Å². The smallest absolute Gasteiger partial charge is 0.152 e. The molecule has 0 bridgehead atoms. The molecule has 0 aliphatic carbocycles. The number of allylic oxidation sites excluding steroid dienone is 1. The first-order valence-corrected chi connectivity index (χ1v) is 4.17. The van der Waals surface area contributed by atoms with Crippen LogP contribution in [0.3, 0.4) is 0 Å². The largest absolute Gasteiger partial charge is 0.295 e. The topological polar surface area (TPSA) is 30.0 Å². The van der Waals surface area contributed by atoms with Crippen LogP contribution in [0.4, 0.5) is 0 Å². The number of nitrogens with zero attached hydrogens (tertiary/aromatic N) is 1. The third kappa shape index (κ3) is 2.63.